The average Bonchev–Trinajstić information content (AvgIpc) is 2.28. The molecule has 2 N–H and O–H groups in total. The predicted molar refractivity (Wildman–Crippen MR) is 69.6 cm³/mol. The van der Waals surface area contributed by atoms with Crippen LogP contribution in [0.5, 0.6) is 0 Å². The maximum absolute atomic E-state index is 10.6. The summed E-state index contributed by atoms with van der Waals surface area (Å²) in [7, 11) is 0. The summed E-state index contributed by atoms with van der Waals surface area (Å²) in [6.07, 6.45) is 5.64. The molecule has 0 aromatic carbocycles. The average molecular weight is 238 g/mol. The van der Waals surface area contributed by atoms with E-state index in [0.717, 1.165) is 31.3 Å². The lowest BCUT2D eigenvalue weighted by Crippen LogP contribution is -2.49. The van der Waals surface area contributed by atoms with Gasteiger partial charge in [0.05, 0.1) is 11.7 Å². The molecule has 0 radical (unpaired) electrons. The van der Waals surface area contributed by atoms with Crippen molar-refractivity contribution < 1.29 is 10.2 Å². The quantitative estimate of drug-likeness (QED) is 0.637. The van der Waals surface area contributed by atoms with Gasteiger partial charge in [-0.3, -0.25) is 0 Å². The Balaban J connectivity index is 2.42. The van der Waals surface area contributed by atoms with Crippen molar-refractivity contribution in [1.29, 1.82) is 0 Å². The number of hydrogen-bond acceptors (Lipinski definition) is 2. The Kier molecular flexibility index (Phi) is 3.16. The monoisotopic (exact) mass is 238 g/mol. The normalized spacial score (nSPS) is 45.8. The van der Waals surface area contributed by atoms with Gasteiger partial charge in [0.15, 0.2) is 0 Å². The summed E-state index contributed by atoms with van der Waals surface area (Å²) >= 11 is 0. The molecule has 0 spiro atoms. The zero-order valence-electron chi connectivity index (χ0n) is 11.5. The fourth-order valence-electron chi connectivity index (χ4n) is 3.95. The molecule has 1 fully saturated rings. The Hall–Kier alpha value is -0.340. The summed E-state index contributed by atoms with van der Waals surface area (Å²) in [5.74, 6) is 0.378. The summed E-state index contributed by atoms with van der Waals surface area (Å²) in [6.45, 7) is 8.45. The highest BCUT2D eigenvalue weighted by Gasteiger charge is 2.50. The van der Waals surface area contributed by atoms with E-state index in [0.29, 0.717) is 0 Å². The zero-order valence-corrected chi connectivity index (χ0v) is 11.5. The Bertz CT molecular complexity index is 328. The van der Waals surface area contributed by atoms with Gasteiger partial charge in [-0.25, -0.2) is 0 Å². The maximum Gasteiger partial charge on any atom is 0.0784 e. The van der Waals surface area contributed by atoms with E-state index in [1.807, 2.05) is 13.8 Å². The number of hydrogen-bond donors (Lipinski definition) is 2. The first-order chi connectivity index (χ1) is 7.76. The molecule has 0 unspecified atom stereocenters. The second-order valence-corrected chi connectivity index (χ2v) is 6.96. The summed E-state index contributed by atoms with van der Waals surface area (Å²) in [4.78, 5) is 0. The minimum absolute atomic E-state index is 0.111. The zero-order chi connectivity index (χ0) is 12.8. The topological polar surface area (TPSA) is 40.5 Å². The minimum Gasteiger partial charge on any atom is -0.390 e. The van der Waals surface area contributed by atoms with Crippen LogP contribution in [0, 0.1) is 17.3 Å². The van der Waals surface area contributed by atoms with Gasteiger partial charge >= 0.3 is 0 Å². The Morgan fingerprint density at radius 2 is 1.88 bits per heavy atom. The molecule has 1 saturated carbocycles. The van der Waals surface area contributed by atoms with Gasteiger partial charge in [0.1, 0.15) is 0 Å². The molecule has 2 nitrogen and oxygen atoms in total. The molecule has 17 heavy (non-hydrogen) atoms. The predicted octanol–water partition coefficient (Wildman–Crippen LogP) is 2.89. The first-order valence-corrected chi connectivity index (χ1v) is 6.83. The Morgan fingerprint density at radius 3 is 2.53 bits per heavy atom. The maximum atomic E-state index is 10.6. The smallest absolute Gasteiger partial charge is 0.0784 e. The molecular weight excluding hydrogens is 212 g/mol. The molecule has 0 aromatic rings. The number of rotatable bonds is 0. The highest BCUT2D eigenvalue weighted by molar-refractivity contribution is 5.17. The first-order valence-electron chi connectivity index (χ1n) is 6.83. The Labute approximate surface area is 105 Å². The van der Waals surface area contributed by atoms with E-state index in [2.05, 4.69) is 19.9 Å². The van der Waals surface area contributed by atoms with Crippen LogP contribution in [0.3, 0.4) is 0 Å². The van der Waals surface area contributed by atoms with Crippen molar-refractivity contribution in [1.82, 2.24) is 0 Å². The molecule has 0 saturated heterocycles. The molecule has 2 aliphatic carbocycles. The second kappa shape index (κ2) is 4.10. The first kappa shape index (κ1) is 13.1. The number of aliphatic hydroxyl groups excluding tert-OH is 1. The molecule has 98 valence electrons. The van der Waals surface area contributed by atoms with Gasteiger partial charge in [0.25, 0.3) is 0 Å². The van der Waals surface area contributed by atoms with E-state index < -0.39 is 5.60 Å². The summed E-state index contributed by atoms with van der Waals surface area (Å²) in [5.41, 5.74) is 0.563. The molecule has 0 heterocycles. The second-order valence-electron chi connectivity index (χ2n) is 6.96. The summed E-state index contributed by atoms with van der Waals surface area (Å²) < 4.78 is 0. The van der Waals surface area contributed by atoms with E-state index in [4.69, 9.17) is 0 Å². The van der Waals surface area contributed by atoms with Crippen LogP contribution in [0.15, 0.2) is 11.6 Å². The van der Waals surface area contributed by atoms with Gasteiger partial charge < -0.3 is 10.2 Å². The Morgan fingerprint density at radius 1 is 1.24 bits per heavy atom. The van der Waals surface area contributed by atoms with Crippen molar-refractivity contribution in [2.24, 2.45) is 17.3 Å². The van der Waals surface area contributed by atoms with Crippen molar-refractivity contribution in [3.63, 3.8) is 0 Å². The number of fused-ring (bicyclic) bond motifs is 1. The van der Waals surface area contributed by atoms with Crippen LogP contribution in [-0.2, 0) is 0 Å². The third-order valence-electron chi connectivity index (χ3n) is 5.14. The minimum atomic E-state index is -0.628. The standard InChI is InChI=1S/C15H26O2/c1-10-6-7-11-12(13(10)16)14(2,3)8-5-9-15(11,4)17/h6,11-13,16-17H,5,7-9H2,1-4H3/t11-,12-,13+,15-/m1/s1. The van der Waals surface area contributed by atoms with Crippen molar-refractivity contribution in [3.8, 4) is 0 Å². The molecule has 4 atom stereocenters. The lowest BCUT2D eigenvalue weighted by Gasteiger charge is -2.47. The van der Waals surface area contributed by atoms with Crippen molar-refractivity contribution in [3.05, 3.63) is 11.6 Å². The lowest BCUT2D eigenvalue weighted by atomic mass is 9.61. The van der Waals surface area contributed by atoms with Crippen LogP contribution >= 0.6 is 0 Å². The van der Waals surface area contributed by atoms with Crippen LogP contribution in [0.4, 0.5) is 0 Å². The van der Waals surface area contributed by atoms with E-state index in [-0.39, 0.29) is 23.4 Å². The fourth-order valence-corrected chi connectivity index (χ4v) is 3.95. The van der Waals surface area contributed by atoms with E-state index in [1.54, 1.807) is 0 Å². The lowest BCUT2D eigenvalue weighted by molar-refractivity contribution is -0.0797. The van der Waals surface area contributed by atoms with Crippen LogP contribution in [0.1, 0.15) is 53.4 Å². The third kappa shape index (κ3) is 2.17. The number of aliphatic hydroxyl groups is 2. The van der Waals surface area contributed by atoms with Gasteiger partial charge in [-0.1, -0.05) is 26.3 Å². The molecular formula is C15H26O2. The van der Waals surface area contributed by atoms with Crippen molar-refractivity contribution in [2.75, 3.05) is 0 Å². The summed E-state index contributed by atoms with van der Waals surface area (Å²) in [6, 6.07) is 0. The van der Waals surface area contributed by atoms with Gasteiger partial charge in [-0.15, -0.1) is 0 Å². The van der Waals surface area contributed by atoms with Gasteiger partial charge in [0.2, 0.25) is 0 Å². The van der Waals surface area contributed by atoms with E-state index >= 15 is 0 Å². The highest BCUT2D eigenvalue weighted by atomic mass is 16.3. The van der Waals surface area contributed by atoms with Crippen LogP contribution in [0.25, 0.3) is 0 Å². The molecule has 0 bridgehead atoms. The highest BCUT2D eigenvalue weighted by Crippen LogP contribution is 2.52. The van der Waals surface area contributed by atoms with Crippen LogP contribution in [-0.4, -0.2) is 21.9 Å². The summed E-state index contributed by atoms with van der Waals surface area (Å²) in [5, 5.41) is 21.1. The number of allylic oxidation sites excluding steroid dienone is 1. The van der Waals surface area contributed by atoms with Crippen LogP contribution in [0.2, 0.25) is 0 Å². The van der Waals surface area contributed by atoms with E-state index in [1.165, 1.54) is 0 Å². The van der Waals surface area contributed by atoms with Gasteiger partial charge in [0, 0.05) is 0 Å². The molecule has 2 heteroatoms. The van der Waals surface area contributed by atoms with Crippen LogP contribution < -0.4 is 0 Å². The SMILES string of the molecule is CC1=CC[C@@H]2[C@H]([C@H]1O)C(C)(C)CCC[C@@]2(C)O. The molecule has 0 aliphatic heterocycles. The molecule has 0 aromatic heterocycles. The fraction of sp³-hybridized carbons (Fsp3) is 0.867. The molecule has 0 amide bonds. The third-order valence-corrected chi connectivity index (χ3v) is 5.14. The van der Waals surface area contributed by atoms with Crippen molar-refractivity contribution >= 4 is 0 Å². The van der Waals surface area contributed by atoms with Gasteiger partial charge in [-0.05, 0) is 55.9 Å². The molecule has 2 aliphatic rings. The largest absolute Gasteiger partial charge is 0.390 e. The van der Waals surface area contributed by atoms with Crippen molar-refractivity contribution in [2.45, 2.75) is 65.1 Å². The molecule has 2 rings (SSSR count). The van der Waals surface area contributed by atoms with Gasteiger partial charge in [-0.2, -0.15) is 0 Å². The van der Waals surface area contributed by atoms with E-state index in [9.17, 15) is 10.2 Å².